The van der Waals surface area contributed by atoms with Gasteiger partial charge in [0.1, 0.15) is 11.5 Å². The van der Waals surface area contributed by atoms with Crippen LogP contribution in [0.4, 0.5) is 0 Å². The second-order valence-electron chi connectivity index (χ2n) is 4.55. The van der Waals surface area contributed by atoms with E-state index in [-0.39, 0.29) is 5.57 Å². The summed E-state index contributed by atoms with van der Waals surface area (Å²) in [6.07, 6.45) is 1.06. The summed E-state index contributed by atoms with van der Waals surface area (Å²) in [5.41, 5.74) is 0.110. The van der Waals surface area contributed by atoms with Gasteiger partial charge in [-0.2, -0.15) is 0 Å². The van der Waals surface area contributed by atoms with Gasteiger partial charge < -0.3 is 9.47 Å². The molecule has 0 spiro atoms. The summed E-state index contributed by atoms with van der Waals surface area (Å²) in [7, 11) is 0. The first-order valence-electron chi connectivity index (χ1n) is 6.57. The molecule has 4 nitrogen and oxygen atoms in total. The summed E-state index contributed by atoms with van der Waals surface area (Å²) in [5, 5.41) is 1.06. The first-order valence-corrected chi connectivity index (χ1v) is 7.33. The van der Waals surface area contributed by atoms with Crippen molar-refractivity contribution in [3.05, 3.63) is 70.2 Å². The van der Waals surface area contributed by atoms with Gasteiger partial charge in [-0.15, -0.1) is 0 Å². The van der Waals surface area contributed by atoms with Crippen LogP contribution in [0.25, 0.3) is 0 Å². The van der Waals surface area contributed by atoms with Gasteiger partial charge >= 0.3 is 11.9 Å². The van der Waals surface area contributed by atoms with Gasteiger partial charge in [0.25, 0.3) is 0 Å². The second-order valence-corrected chi connectivity index (χ2v) is 5.42. The van der Waals surface area contributed by atoms with E-state index in [1.54, 1.807) is 48.5 Å². The number of carbonyl (C=O) groups excluding carboxylic acids is 2. The Kier molecular flexibility index (Phi) is 5.79. The maximum atomic E-state index is 11.9. The van der Waals surface area contributed by atoms with Gasteiger partial charge in [-0.3, -0.25) is 0 Å². The van der Waals surface area contributed by atoms with E-state index in [0.29, 0.717) is 21.5 Å². The van der Waals surface area contributed by atoms with Crippen LogP contribution in [0.2, 0.25) is 10.0 Å². The average Bonchev–Trinajstić information content (AvgIpc) is 2.51. The molecule has 0 heterocycles. The van der Waals surface area contributed by atoms with Crippen molar-refractivity contribution in [1.82, 2.24) is 0 Å². The Labute approximate surface area is 143 Å². The quantitative estimate of drug-likeness (QED) is 0.464. The number of ether oxygens (including phenoxy) is 2. The Morgan fingerprint density at radius 3 is 1.74 bits per heavy atom. The van der Waals surface area contributed by atoms with Crippen molar-refractivity contribution in [1.29, 1.82) is 0 Å². The van der Waals surface area contributed by atoms with Crippen LogP contribution < -0.4 is 9.47 Å². The lowest BCUT2D eigenvalue weighted by Crippen LogP contribution is -2.12. The topological polar surface area (TPSA) is 52.6 Å². The number of rotatable bonds is 4. The van der Waals surface area contributed by atoms with Crippen LogP contribution >= 0.6 is 23.2 Å². The van der Waals surface area contributed by atoms with E-state index < -0.39 is 11.9 Å². The highest BCUT2D eigenvalue weighted by atomic mass is 35.5. The zero-order valence-electron chi connectivity index (χ0n) is 12.1. The zero-order valence-corrected chi connectivity index (χ0v) is 13.6. The predicted octanol–water partition coefficient (Wildman–Crippen LogP) is 4.45. The summed E-state index contributed by atoms with van der Waals surface area (Å²) in [4.78, 5) is 23.6. The first-order chi connectivity index (χ1) is 10.9. The fourth-order valence-corrected chi connectivity index (χ4v) is 1.83. The van der Waals surface area contributed by atoms with E-state index in [2.05, 4.69) is 0 Å². The average molecular weight is 351 g/mol. The van der Waals surface area contributed by atoms with Crippen molar-refractivity contribution < 1.29 is 19.1 Å². The number of halogens is 2. The van der Waals surface area contributed by atoms with E-state index >= 15 is 0 Å². The molecule has 2 aromatic carbocycles. The molecule has 0 aliphatic heterocycles. The number of benzene rings is 2. The Morgan fingerprint density at radius 1 is 0.826 bits per heavy atom. The van der Waals surface area contributed by atoms with Gasteiger partial charge in [-0.05, 0) is 55.5 Å². The molecule has 0 aliphatic rings. The third-order valence-corrected chi connectivity index (χ3v) is 3.22. The Balaban J connectivity index is 1.97. The predicted molar refractivity (Wildman–Crippen MR) is 87.9 cm³/mol. The monoisotopic (exact) mass is 350 g/mol. The number of hydrogen-bond donors (Lipinski definition) is 0. The molecule has 23 heavy (non-hydrogen) atoms. The number of esters is 2. The zero-order chi connectivity index (χ0) is 16.8. The highest BCUT2D eigenvalue weighted by Crippen LogP contribution is 2.17. The van der Waals surface area contributed by atoms with Crippen molar-refractivity contribution in [3.63, 3.8) is 0 Å². The van der Waals surface area contributed by atoms with E-state index in [1.807, 2.05) is 0 Å². The molecule has 0 saturated heterocycles. The smallest absolute Gasteiger partial charge is 0.339 e. The molecule has 6 heteroatoms. The molecule has 2 aromatic rings. The summed E-state index contributed by atoms with van der Waals surface area (Å²) in [6, 6.07) is 12.6. The molecule has 0 amide bonds. The molecule has 0 aromatic heterocycles. The summed E-state index contributed by atoms with van der Waals surface area (Å²) in [6.45, 7) is 1.46. The first kappa shape index (κ1) is 17.1. The molecule has 0 unspecified atom stereocenters. The van der Waals surface area contributed by atoms with Crippen LogP contribution in [-0.2, 0) is 9.59 Å². The van der Waals surface area contributed by atoms with Crippen LogP contribution in [0.15, 0.2) is 60.2 Å². The summed E-state index contributed by atoms with van der Waals surface area (Å²) >= 11 is 11.5. The van der Waals surface area contributed by atoms with E-state index in [9.17, 15) is 9.59 Å². The van der Waals surface area contributed by atoms with Gasteiger partial charge in [-0.25, -0.2) is 9.59 Å². The van der Waals surface area contributed by atoms with Crippen molar-refractivity contribution in [2.45, 2.75) is 6.92 Å². The minimum Gasteiger partial charge on any atom is -0.423 e. The minimum atomic E-state index is -0.683. The molecule has 0 aliphatic carbocycles. The Bertz CT molecular complexity index is 734. The molecule has 2 rings (SSSR count). The third kappa shape index (κ3) is 5.43. The lowest BCUT2D eigenvalue weighted by molar-refractivity contribution is -0.132. The van der Waals surface area contributed by atoms with Gasteiger partial charge in [0.15, 0.2) is 0 Å². The van der Waals surface area contributed by atoms with Crippen LogP contribution in [0, 0.1) is 0 Å². The van der Waals surface area contributed by atoms with Crippen LogP contribution in [0.3, 0.4) is 0 Å². The number of carbonyl (C=O) groups is 2. The van der Waals surface area contributed by atoms with E-state index in [1.165, 1.54) is 6.92 Å². The Morgan fingerprint density at radius 2 is 1.26 bits per heavy atom. The highest BCUT2D eigenvalue weighted by Gasteiger charge is 2.11. The van der Waals surface area contributed by atoms with Crippen molar-refractivity contribution >= 4 is 35.1 Å². The van der Waals surface area contributed by atoms with Gasteiger partial charge in [-0.1, -0.05) is 23.2 Å². The van der Waals surface area contributed by atoms with Gasteiger partial charge in [0.2, 0.25) is 0 Å². The molecule has 0 atom stereocenters. The van der Waals surface area contributed by atoms with Gasteiger partial charge in [0, 0.05) is 21.7 Å². The SMILES string of the molecule is C/C(=C\C(=O)Oc1ccc(Cl)cc1)C(=O)Oc1ccc(Cl)cc1. The molecule has 0 N–H and O–H groups in total. The van der Waals surface area contributed by atoms with Gasteiger partial charge in [0.05, 0.1) is 0 Å². The fraction of sp³-hybridized carbons (Fsp3) is 0.0588. The fourth-order valence-electron chi connectivity index (χ4n) is 1.57. The molecule has 0 radical (unpaired) electrons. The third-order valence-electron chi connectivity index (χ3n) is 2.71. The number of hydrogen-bond acceptors (Lipinski definition) is 4. The minimum absolute atomic E-state index is 0.110. The van der Waals surface area contributed by atoms with Crippen molar-refractivity contribution in [2.24, 2.45) is 0 Å². The van der Waals surface area contributed by atoms with E-state index in [0.717, 1.165) is 6.08 Å². The van der Waals surface area contributed by atoms with Crippen LogP contribution in [-0.4, -0.2) is 11.9 Å². The maximum absolute atomic E-state index is 11.9. The highest BCUT2D eigenvalue weighted by molar-refractivity contribution is 6.30. The summed E-state index contributed by atoms with van der Waals surface area (Å²) in [5.74, 6) is -0.675. The van der Waals surface area contributed by atoms with Crippen LogP contribution in [0.1, 0.15) is 6.92 Å². The molecule has 118 valence electrons. The molecular formula is C17H12Cl2O4. The van der Waals surface area contributed by atoms with E-state index in [4.69, 9.17) is 32.7 Å². The van der Waals surface area contributed by atoms with Crippen LogP contribution in [0.5, 0.6) is 11.5 Å². The lowest BCUT2D eigenvalue weighted by Gasteiger charge is -2.05. The standard InChI is InChI=1S/C17H12Cl2O4/c1-11(17(21)23-15-8-4-13(19)5-9-15)10-16(20)22-14-6-2-12(18)3-7-14/h2-10H,1H3/b11-10+. The molecular weight excluding hydrogens is 339 g/mol. The molecule has 0 bridgehead atoms. The second kappa shape index (κ2) is 7.81. The summed E-state index contributed by atoms with van der Waals surface area (Å²) < 4.78 is 10.2. The van der Waals surface area contributed by atoms with Crippen molar-refractivity contribution in [2.75, 3.05) is 0 Å². The molecule has 0 fully saturated rings. The molecule has 0 saturated carbocycles. The largest absolute Gasteiger partial charge is 0.423 e. The lowest BCUT2D eigenvalue weighted by atomic mass is 10.3. The normalized spacial score (nSPS) is 11.0. The maximum Gasteiger partial charge on any atom is 0.339 e. The Hall–Kier alpha value is -2.30. The van der Waals surface area contributed by atoms with Crippen molar-refractivity contribution in [3.8, 4) is 11.5 Å².